The van der Waals surface area contributed by atoms with E-state index >= 15 is 0 Å². The van der Waals surface area contributed by atoms with E-state index in [4.69, 9.17) is 9.47 Å². The van der Waals surface area contributed by atoms with Crippen LogP contribution in [-0.2, 0) is 19.5 Å². The first-order chi connectivity index (χ1) is 15.8. The molecule has 0 radical (unpaired) electrons. The molecule has 2 aliphatic heterocycles. The third-order valence-electron chi connectivity index (χ3n) is 6.37. The third-order valence-corrected chi connectivity index (χ3v) is 7.89. The van der Waals surface area contributed by atoms with Gasteiger partial charge in [-0.05, 0) is 51.1 Å². The maximum atomic E-state index is 13.1. The first-order valence-corrected chi connectivity index (χ1v) is 12.5. The van der Waals surface area contributed by atoms with E-state index in [0.29, 0.717) is 42.2 Å². The van der Waals surface area contributed by atoms with E-state index in [1.165, 1.54) is 18.3 Å². The highest BCUT2D eigenvalue weighted by atomic mass is 32.2. The molecule has 2 unspecified atom stereocenters. The number of piperidine rings is 1. The van der Waals surface area contributed by atoms with Crippen LogP contribution in [0.1, 0.15) is 36.5 Å². The quantitative estimate of drug-likeness (QED) is 0.409. The number of sulfonamides is 1. The molecule has 0 aliphatic carbocycles. The number of H-pyrrole nitrogens is 2. The molecule has 2 aromatic heterocycles. The summed E-state index contributed by atoms with van der Waals surface area (Å²) >= 11 is 0. The number of carbonyl (C=O) groups is 1. The number of carbonyl (C=O) groups excluding carboxylic acids is 1. The minimum absolute atomic E-state index is 0.0696. The summed E-state index contributed by atoms with van der Waals surface area (Å²) in [5.41, 5.74) is 0.393. The lowest BCUT2D eigenvalue weighted by Gasteiger charge is -2.23. The van der Waals surface area contributed by atoms with E-state index in [0.717, 1.165) is 13.1 Å². The van der Waals surface area contributed by atoms with Crippen LogP contribution in [0.25, 0.3) is 21.8 Å². The molecule has 4 heterocycles. The fraction of sp³-hybridized carbons (Fsp3) is 0.455. The number of nitrogens with one attached hydrogen (secondary N) is 4. The van der Waals surface area contributed by atoms with Crippen molar-refractivity contribution in [1.29, 1.82) is 0 Å². The Kier molecular flexibility index (Phi) is 5.73. The van der Waals surface area contributed by atoms with E-state index < -0.39 is 21.6 Å². The summed E-state index contributed by atoms with van der Waals surface area (Å²) in [4.78, 5) is 31.2. The zero-order valence-corrected chi connectivity index (χ0v) is 19.0. The van der Waals surface area contributed by atoms with Gasteiger partial charge in [-0.25, -0.2) is 17.9 Å². The van der Waals surface area contributed by atoms with Crippen molar-refractivity contribution < 1.29 is 22.7 Å². The zero-order chi connectivity index (χ0) is 23.2. The molecule has 0 bridgehead atoms. The van der Waals surface area contributed by atoms with Gasteiger partial charge in [-0.15, -0.1) is 0 Å². The summed E-state index contributed by atoms with van der Waals surface area (Å²) in [7, 11) is -3.78. The van der Waals surface area contributed by atoms with E-state index in [1.807, 2.05) is 6.92 Å². The van der Waals surface area contributed by atoms with Gasteiger partial charge < -0.3 is 24.8 Å². The summed E-state index contributed by atoms with van der Waals surface area (Å²) in [5.74, 6) is -0.586. The lowest BCUT2D eigenvalue weighted by molar-refractivity contribution is 0.00648. The number of esters is 1. The van der Waals surface area contributed by atoms with Crippen LogP contribution in [0.3, 0.4) is 0 Å². The summed E-state index contributed by atoms with van der Waals surface area (Å²) in [5, 5.41) is 3.99. The summed E-state index contributed by atoms with van der Waals surface area (Å²) in [6, 6.07) is 4.34. The molecule has 11 heteroatoms. The minimum Gasteiger partial charge on any atom is -0.456 e. The molecule has 2 fully saturated rings. The molecule has 176 valence electrons. The Morgan fingerprint density at radius 3 is 2.73 bits per heavy atom. The molecule has 0 amide bonds. The molecule has 2 atom stereocenters. The Balaban J connectivity index is 1.56. The van der Waals surface area contributed by atoms with Gasteiger partial charge in [0.1, 0.15) is 11.6 Å². The highest BCUT2D eigenvalue weighted by Crippen LogP contribution is 2.29. The van der Waals surface area contributed by atoms with Crippen LogP contribution in [0.2, 0.25) is 0 Å². The lowest BCUT2D eigenvalue weighted by atomic mass is 10.1. The van der Waals surface area contributed by atoms with Gasteiger partial charge in [-0.2, -0.15) is 0 Å². The van der Waals surface area contributed by atoms with E-state index in [2.05, 4.69) is 20.0 Å². The topological polar surface area (TPSA) is 142 Å². The van der Waals surface area contributed by atoms with Gasteiger partial charge >= 0.3 is 5.97 Å². The van der Waals surface area contributed by atoms with Gasteiger partial charge in [0.25, 0.3) is 5.56 Å². The van der Waals surface area contributed by atoms with Crippen LogP contribution in [0.5, 0.6) is 0 Å². The molecular weight excluding hydrogens is 448 g/mol. The van der Waals surface area contributed by atoms with Crippen molar-refractivity contribution in [3.8, 4) is 0 Å². The predicted octanol–water partition coefficient (Wildman–Crippen LogP) is 1.37. The molecule has 0 saturated carbocycles. The van der Waals surface area contributed by atoms with Crippen LogP contribution in [0.4, 0.5) is 0 Å². The number of benzene rings is 1. The molecule has 33 heavy (non-hydrogen) atoms. The molecule has 5 rings (SSSR count). The molecule has 0 spiro atoms. The Hall–Kier alpha value is -2.73. The fourth-order valence-corrected chi connectivity index (χ4v) is 5.86. The van der Waals surface area contributed by atoms with Crippen molar-refractivity contribution in [2.24, 2.45) is 0 Å². The number of aromatic nitrogens is 2. The van der Waals surface area contributed by atoms with Crippen molar-refractivity contribution in [1.82, 2.24) is 20.0 Å². The zero-order valence-electron chi connectivity index (χ0n) is 18.1. The minimum atomic E-state index is -3.78. The standard InChI is InChI=1S/C22H26N4O6S/c1-12-18(6-9-31-12)32-22(28)16-11-24-20-19(16)15-10-14(2-3-17(15)25-21(20)27)33(29,30)26-13-4-7-23-8-5-13/h2-3,10-13,18,23-24,26H,4-9H2,1H3,(H,25,27). The van der Waals surface area contributed by atoms with Crippen LogP contribution in [0.15, 0.2) is 34.1 Å². The second kappa shape index (κ2) is 8.56. The molecule has 3 aromatic rings. The van der Waals surface area contributed by atoms with E-state index in [-0.39, 0.29) is 34.2 Å². The first-order valence-electron chi connectivity index (χ1n) is 11.1. The Morgan fingerprint density at radius 1 is 1.21 bits per heavy atom. The highest BCUT2D eigenvalue weighted by molar-refractivity contribution is 7.89. The largest absolute Gasteiger partial charge is 0.456 e. The van der Waals surface area contributed by atoms with Crippen molar-refractivity contribution in [3.05, 3.63) is 40.3 Å². The van der Waals surface area contributed by atoms with Gasteiger partial charge in [0.2, 0.25) is 10.0 Å². The third kappa shape index (κ3) is 4.17. The maximum Gasteiger partial charge on any atom is 0.340 e. The van der Waals surface area contributed by atoms with Gasteiger partial charge in [0.15, 0.2) is 0 Å². The lowest BCUT2D eigenvalue weighted by Crippen LogP contribution is -2.42. The van der Waals surface area contributed by atoms with Crippen molar-refractivity contribution in [2.45, 2.75) is 49.3 Å². The van der Waals surface area contributed by atoms with E-state index in [9.17, 15) is 18.0 Å². The number of fused-ring (bicyclic) bond motifs is 3. The second-order valence-corrected chi connectivity index (χ2v) is 10.3. The monoisotopic (exact) mass is 474 g/mol. The van der Waals surface area contributed by atoms with Crippen molar-refractivity contribution >= 4 is 37.8 Å². The Labute approximate surface area is 190 Å². The van der Waals surface area contributed by atoms with Gasteiger partial charge in [-0.3, -0.25) is 4.79 Å². The Morgan fingerprint density at radius 2 is 2.00 bits per heavy atom. The maximum absolute atomic E-state index is 13.1. The summed E-state index contributed by atoms with van der Waals surface area (Å²) in [6.07, 6.45) is 2.86. The number of hydrogen-bond acceptors (Lipinski definition) is 7. The molecule has 1 aromatic carbocycles. The fourth-order valence-electron chi connectivity index (χ4n) is 4.53. The first kappa shape index (κ1) is 22.1. The SMILES string of the molecule is CC1OCCC1OC(=O)c1c[nH]c2c(=O)[nH]c3ccc(S(=O)(=O)NC4CCNCC4)cc3c12. The van der Waals surface area contributed by atoms with Gasteiger partial charge in [0.05, 0.1) is 23.2 Å². The number of aromatic amines is 2. The van der Waals surface area contributed by atoms with Gasteiger partial charge in [0, 0.05) is 34.9 Å². The molecule has 2 aliphatic rings. The molecule has 4 N–H and O–H groups in total. The highest BCUT2D eigenvalue weighted by Gasteiger charge is 2.30. The van der Waals surface area contributed by atoms with Crippen LogP contribution < -0.4 is 15.6 Å². The van der Waals surface area contributed by atoms with Gasteiger partial charge in [-0.1, -0.05) is 0 Å². The van der Waals surface area contributed by atoms with Crippen molar-refractivity contribution in [3.63, 3.8) is 0 Å². The summed E-state index contributed by atoms with van der Waals surface area (Å²) < 4.78 is 40.0. The smallest absolute Gasteiger partial charge is 0.340 e. The van der Waals surface area contributed by atoms with Crippen LogP contribution in [-0.4, -0.2) is 62.3 Å². The molecule has 2 saturated heterocycles. The number of hydrogen-bond donors (Lipinski definition) is 4. The van der Waals surface area contributed by atoms with Crippen molar-refractivity contribution in [2.75, 3.05) is 19.7 Å². The number of rotatable bonds is 5. The second-order valence-electron chi connectivity index (χ2n) is 8.57. The predicted molar refractivity (Wildman–Crippen MR) is 122 cm³/mol. The average molecular weight is 475 g/mol. The van der Waals surface area contributed by atoms with E-state index in [1.54, 1.807) is 6.07 Å². The normalized spacial score (nSPS) is 22.2. The number of ether oxygens (including phenoxy) is 2. The molecule has 10 nitrogen and oxygen atoms in total. The van der Waals surface area contributed by atoms with Crippen LogP contribution >= 0.6 is 0 Å². The molecular formula is C22H26N4O6S. The van der Waals surface area contributed by atoms with Crippen LogP contribution in [0, 0.1) is 0 Å². The average Bonchev–Trinajstić information content (AvgIpc) is 3.41. The summed E-state index contributed by atoms with van der Waals surface area (Å²) in [6.45, 7) is 3.87. The number of pyridine rings is 1. The Bertz CT molecular complexity index is 1370.